The van der Waals surface area contributed by atoms with Crippen LogP contribution in [0.25, 0.3) is 0 Å². The zero-order valence-corrected chi connectivity index (χ0v) is 9.97. The number of rotatable bonds is 4. The number of benzene rings is 2. The third kappa shape index (κ3) is 3.04. The average molecular weight is 224 g/mol. The number of hydrogen-bond donors (Lipinski definition) is 0. The van der Waals surface area contributed by atoms with Gasteiger partial charge in [-0.15, -0.1) is 0 Å². The molecule has 0 N–H and O–H groups in total. The summed E-state index contributed by atoms with van der Waals surface area (Å²) in [5.41, 5.74) is 2.01. The molecule has 1 atom stereocenters. The molecule has 0 unspecified atom stereocenters. The highest BCUT2D eigenvalue weighted by atomic mass is 16.1. The minimum absolute atomic E-state index is 0.0276. The van der Waals surface area contributed by atoms with Gasteiger partial charge in [0.25, 0.3) is 0 Å². The van der Waals surface area contributed by atoms with E-state index in [2.05, 4.69) is 12.1 Å². The van der Waals surface area contributed by atoms with Gasteiger partial charge in [0.05, 0.1) is 0 Å². The van der Waals surface area contributed by atoms with Crippen molar-refractivity contribution in [2.45, 2.75) is 13.3 Å². The van der Waals surface area contributed by atoms with Crippen molar-refractivity contribution in [1.29, 1.82) is 0 Å². The van der Waals surface area contributed by atoms with E-state index in [0.29, 0.717) is 0 Å². The Morgan fingerprint density at radius 2 is 1.47 bits per heavy atom. The van der Waals surface area contributed by atoms with Crippen molar-refractivity contribution in [3.05, 3.63) is 71.8 Å². The molecule has 0 bridgehead atoms. The lowest BCUT2D eigenvalue weighted by Gasteiger charge is -2.10. The first kappa shape index (κ1) is 11.6. The summed E-state index contributed by atoms with van der Waals surface area (Å²) in [6.45, 7) is 1.99. The molecule has 0 heterocycles. The molecule has 0 aliphatic carbocycles. The number of hydrogen-bond acceptors (Lipinski definition) is 1. The lowest BCUT2D eigenvalue weighted by molar-refractivity contribution is 0.0929. The Bertz CT molecular complexity index is 473. The summed E-state index contributed by atoms with van der Waals surface area (Å²) >= 11 is 0. The molecule has 0 radical (unpaired) electrons. The molecule has 0 fully saturated rings. The van der Waals surface area contributed by atoms with Crippen LogP contribution in [0.5, 0.6) is 0 Å². The van der Waals surface area contributed by atoms with Crippen LogP contribution >= 0.6 is 0 Å². The molecular formula is C16H16O. The second kappa shape index (κ2) is 5.44. The van der Waals surface area contributed by atoms with Crippen LogP contribution in [-0.2, 0) is 6.42 Å². The van der Waals surface area contributed by atoms with E-state index in [1.165, 1.54) is 5.56 Å². The molecule has 17 heavy (non-hydrogen) atoms. The quantitative estimate of drug-likeness (QED) is 0.723. The maximum Gasteiger partial charge on any atom is 0.165 e. The highest BCUT2D eigenvalue weighted by molar-refractivity contribution is 5.97. The largest absolute Gasteiger partial charge is 0.294 e. The summed E-state index contributed by atoms with van der Waals surface area (Å²) in [6, 6.07) is 19.6. The van der Waals surface area contributed by atoms with Crippen LogP contribution in [0.4, 0.5) is 0 Å². The van der Waals surface area contributed by atoms with E-state index >= 15 is 0 Å². The van der Waals surface area contributed by atoms with Gasteiger partial charge in [-0.25, -0.2) is 0 Å². The van der Waals surface area contributed by atoms with Crippen LogP contribution in [0, 0.1) is 5.92 Å². The molecule has 2 rings (SSSR count). The van der Waals surface area contributed by atoms with Gasteiger partial charge in [0, 0.05) is 11.5 Å². The van der Waals surface area contributed by atoms with Crippen LogP contribution in [0.2, 0.25) is 0 Å². The summed E-state index contributed by atoms with van der Waals surface area (Å²) in [5, 5.41) is 0. The van der Waals surface area contributed by atoms with Crippen LogP contribution < -0.4 is 0 Å². The smallest absolute Gasteiger partial charge is 0.165 e. The van der Waals surface area contributed by atoms with E-state index in [1.807, 2.05) is 55.5 Å². The predicted molar refractivity (Wildman–Crippen MR) is 70.1 cm³/mol. The highest BCUT2D eigenvalue weighted by Crippen LogP contribution is 2.14. The van der Waals surface area contributed by atoms with Crippen molar-refractivity contribution in [1.82, 2.24) is 0 Å². The van der Waals surface area contributed by atoms with Crippen molar-refractivity contribution < 1.29 is 4.79 Å². The van der Waals surface area contributed by atoms with E-state index in [9.17, 15) is 4.79 Å². The minimum atomic E-state index is 0.0276. The standard InChI is InChI=1S/C16H16O/c1-13(12-14-8-4-2-5-9-14)16(17)15-10-6-3-7-11-15/h2-11,13H,12H2,1H3/t13-/m1/s1. The second-order valence-electron chi connectivity index (χ2n) is 4.32. The molecule has 0 saturated heterocycles. The monoisotopic (exact) mass is 224 g/mol. The Morgan fingerprint density at radius 1 is 0.941 bits per heavy atom. The summed E-state index contributed by atoms with van der Waals surface area (Å²) in [4.78, 5) is 12.1. The van der Waals surface area contributed by atoms with Gasteiger partial charge in [0.2, 0.25) is 0 Å². The van der Waals surface area contributed by atoms with E-state index < -0.39 is 0 Å². The highest BCUT2D eigenvalue weighted by Gasteiger charge is 2.14. The van der Waals surface area contributed by atoms with Crippen LogP contribution in [0.3, 0.4) is 0 Å². The predicted octanol–water partition coefficient (Wildman–Crippen LogP) is 3.75. The van der Waals surface area contributed by atoms with Crippen molar-refractivity contribution in [3.63, 3.8) is 0 Å². The third-order valence-corrected chi connectivity index (χ3v) is 2.89. The maximum atomic E-state index is 12.1. The lowest BCUT2D eigenvalue weighted by Crippen LogP contribution is -2.13. The Labute approximate surface area is 102 Å². The maximum absolute atomic E-state index is 12.1. The van der Waals surface area contributed by atoms with E-state index in [-0.39, 0.29) is 11.7 Å². The molecule has 0 aliphatic rings. The summed E-state index contributed by atoms with van der Waals surface area (Å²) in [5.74, 6) is 0.245. The van der Waals surface area contributed by atoms with Crippen molar-refractivity contribution in [2.24, 2.45) is 5.92 Å². The van der Waals surface area contributed by atoms with Gasteiger partial charge in [0.1, 0.15) is 0 Å². The number of ketones is 1. The summed E-state index contributed by atoms with van der Waals surface area (Å²) in [6.07, 6.45) is 0.800. The molecule has 86 valence electrons. The number of Topliss-reactive ketones (excluding diaryl/α,β-unsaturated/α-hetero) is 1. The molecule has 0 aliphatic heterocycles. The SMILES string of the molecule is C[C@H](Cc1ccccc1)C(=O)c1ccccc1. The average Bonchev–Trinajstić information content (AvgIpc) is 2.40. The summed E-state index contributed by atoms with van der Waals surface area (Å²) < 4.78 is 0. The van der Waals surface area contributed by atoms with E-state index in [1.54, 1.807) is 0 Å². The second-order valence-corrected chi connectivity index (χ2v) is 4.32. The molecular weight excluding hydrogens is 208 g/mol. The fourth-order valence-electron chi connectivity index (χ4n) is 1.95. The fourth-order valence-corrected chi connectivity index (χ4v) is 1.95. The zero-order valence-electron chi connectivity index (χ0n) is 9.97. The van der Waals surface area contributed by atoms with Crippen LogP contribution in [0.1, 0.15) is 22.8 Å². The van der Waals surface area contributed by atoms with Crippen molar-refractivity contribution in [2.75, 3.05) is 0 Å². The van der Waals surface area contributed by atoms with Gasteiger partial charge in [-0.05, 0) is 12.0 Å². The molecule has 0 amide bonds. The molecule has 2 aromatic carbocycles. The minimum Gasteiger partial charge on any atom is -0.294 e. The zero-order chi connectivity index (χ0) is 12.1. The van der Waals surface area contributed by atoms with Gasteiger partial charge in [-0.2, -0.15) is 0 Å². The van der Waals surface area contributed by atoms with Crippen LogP contribution in [0.15, 0.2) is 60.7 Å². The normalized spacial score (nSPS) is 12.1. The van der Waals surface area contributed by atoms with E-state index in [0.717, 1.165) is 12.0 Å². The molecule has 2 aromatic rings. The first-order valence-corrected chi connectivity index (χ1v) is 5.90. The van der Waals surface area contributed by atoms with Crippen LogP contribution in [-0.4, -0.2) is 5.78 Å². The van der Waals surface area contributed by atoms with Gasteiger partial charge >= 0.3 is 0 Å². The molecule has 0 saturated carbocycles. The van der Waals surface area contributed by atoms with Gasteiger partial charge in [-0.1, -0.05) is 67.6 Å². The molecule has 0 spiro atoms. The molecule has 0 aromatic heterocycles. The Kier molecular flexibility index (Phi) is 3.71. The number of carbonyl (C=O) groups excluding carboxylic acids is 1. The molecule has 1 heteroatoms. The lowest BCUT2D eigenvalue weighted by atomic mass is 9.93. The Morgan fingerprint density at radius 3 is 2.06 bits per heavy atom. The Balaban J connectivity index is 2.06. The fraction of sp³-hybridized carbons (Fsp3) is 0.188. The third-order valence-electron chi connectivity index (χ3n) is 2.89. The van der Waals surface area contributed by atoms with Gasteiger partial charge in [0.15, 0.2) is 5.78 Å². The number of carbonyl (C=O) groups is 1. The first-order valence-electron chi connectivity index (χ1n) is 5.90. The topological polar surface area (TPSA) is 17.1 Å². The van der Waals surface area contributed by atoms with Crippen molar-refractivity contribution >= 4 is 5.78 Å². The van der Waals surface area contributed by atoms with Gasteiger partial charge in [-0.3, -0.25) is 4.79 Å². The molecule has 1 nitrogen and oxygen atoms in total. The summed E-state index contributed by atoms with van der Waals surface area (Å²) in [7, 11) is 0. The Hall–Kier alpha value is -1.89. The first-order chi connectivity index (χ1) is 8.27. The van der Waals surface area contributed by atoms with Crippen molar-refractivity contribution in [3.8, 4) is 0 Å². The van der Waals surface area contributed by atoms with Gasteiger partial charge < -0.3 is 0 Å². The van der Waals surface area contributed by atoms with E-state index in [4.69, 9.17) is 0 Å².